The number of halogens is 2. The molecule has 2 atom stereocenters. The Bertz CT molecular complexity index is 420. The predicted octanol–water partition coefficient (Wildman–Crippen LogP) is 2.73. The van der Waals surface area contributed by atoms with E-state index in [4.69, 9.17) is 0 Å². The Balaban J connectivity index is 2.04. The van der Waals surface area contributed by atoms with Crippen molar-refractivity contribution in [2.45, 2.75) is 31.9 Å². The second kappa shape index (κ2) is 5.33. The van der Waals surface area contributed by atoms with Gasteiger partial charge in [-0.1, -0.05) is 0 Å². The minimum atomic E-state index is -0.436. The highest BCUT2D eigenvalue weighted by Crippen LogP contribution is 2.33. The number of rotatable bonds is 5. The lowest BCUT2D eigenvalue weighted by Crippen LogP contribution is -2.32. The minimum absolute atomic E-state index is 0.255. The SMILES string of the molecule is CC(c1cc(F)ccc1F)N(C)CC(O)C1CC1. The summed E-state index contributed by atoms with van der Waals surface area (Å²) in [5.74, 6) is -0.456. The quantitative estimate of drug-likeness (QED) is 0.874. The molecule has 4 heteroatoms. The van der Waals surface area contributed by atoms with Crippen molar-refractivity contribution < 1.29 is 13.9 Å². The normalized spacial score (nSPS) is 19.0. The lowest BCUT2D eigenvalue weighted by Gasteiger charge is -2.27. The Kier molecular flexibility index (Phi) is 3.97. The third kappa shape index (κ3) is 3.06. The standard InChI is InChI=1S/C14H19F2NO/c1-9(12-7-11(15)5-6-13(12)16)17(2)8-14(18)10-3-4-10/h5-7,9-10,14,18H,3-4,8H2,1-2H3. The molecule has 1 aliphatic carbocycles. The molecule has 2 rings (SSSR count). The number of aliphatic hydroxyl groups excluding tert-OH is 1. The van der Waals surface area contributed by atoms with Crippen LogP contribution in [0.4, 0.5) is 8.78 Å². The van der Waals surface area contributed by atoms with E-state index in [1.165, 1.54) is 6.07 Å². The molecule has 0 amide bonds. The van der Waals surface area contributed by atoms with E-state index in [1.807, 2.05) is 18.9 Å². The number of benzene rings is 1. The molecule has 18 heavy (non-hydrogen) atoms. The van der Waals surface area contributed by atoms with E-state index in [1.54, 1.807) is 0 Å². The van der Waals surface area contributed by atoms with Gasteiger partial charge in [0.25, 0.3) is 0 Å². The molecule has 1 aromatic carbocycles. The van der Waals surface area contributed by atoms with E-state index in [0.29, 0.717) is 18.0 Å². The van der Waals surface area contributed by atoms with Crippen molar-refractivity contribution in [3.8, 4) is 0 Å². The van der Waals surface area contributed by atoms with Crippen molar-refractivity contribution >= 4 is 0 Å². The lowest BCUT2D eigenvalue weighted by atomic mass is 10.1. The number of likely N-dealkylation sites (N-methyl/N-ethyl adjacent to an activating group) is 1. The average Bonchev–Trinajstić information content (AvgIpc) is 3.15. The van der Waals surface area contributed by atoms with Crippen molar-refractivity contribution in [1.82, 2.24) is 4.90 Å². The van der Waals surface area contributed by atoms with Crippen LogP contribution in [0.15, 0.2) is 18.2 Å². The maximum Gasteiger partial charge on any atom is 0.128 e. The van der Waals surface area contributed by atoms with Crippen LogP contribution in [0, 0.1) is 17.6 Å². The lowest BCUT2D eigenvalue weighted by molar-refractivity contribution is 0.0903. The summed E-state index contributed by atoms with van der Waals surface area (Å²) in [5.41, 5.74) is 0.334. The number of hydrogen-bond donors (Lipinski definition) is 1. The van der Waals surface area contributed by atoms with Crippen LogP contribution in [0.2, 0.25) is 0 Å². The Hall–Kier alpha value is -1.00. The molecule has 0 bridgehead atoms. The summed E-state index contributed by atoms with van der Waals surface area (Å²) in [6.07, 6.45) is 1.77. The Morgan fingerprint density at radius 3 is 2.67 bits per heavy atom. The molecule has 0 radical (unpaired) electrons. The molecule has 1 aliphatic rings. The summed E-state index contributed by atoms with van der Waals surface area (Å²) in [7, 11) is 1.82. The molecule has 1 aromatic rings. The molecule has 100 valence electrons. The largest absolute Gasteiger partial charge is 0.392 e. The fourth-order valence-corrected chi connectivity index (χ4v) is 2.16. The van der Waals surface area contributed by atoms with Gasteiger partial charge in [0.05, 0.1) is 6.10 Å². The number of hydrogen-bond acceptors (Lipinski definition) is 2. The first kappa shape index (κ1) is 13.4. The average molecular weight is 255 g/mol. The van der Waals surface area contributed by atoms with Gasteiger partial charge < -0.3 is 5.11 Å². The maximum absolute atomic E-state index is 13.6. The summed E-state index contributed by atoms with van der Waals surface area (Å²) >= 11 is 0. The molecule has 0 aliphatic heterocycles. The topological polar surface area (TPSA) is 23.5 Å². The van der Waals surface area contributed by atoms with E-state index >= 15 is 0 Å². The Labute approximate surface area is 106 Å². The molecule has 2 nitrogen and oxygen atoms in total. The Morgan fingerprint density at radius 1 is 1.39 bits per heavy atom. The summed E-state index contributed by atoms with van der Waals surface area (Å²) in [4.78, 5) is 1.86. The van der Waals surface area contributed by atoms with Crippen molar-refractivity contribution in [2.24, 2.45) is 5.92 Å². The number of nitrogens with zero attached hydrogens (tertiary/aromatic N) is 1. The van der Waals surface area contributed by atoms with Gasteiger partial charge in [-0.15, -0.1) is 0 Å². The van der Waals surface area contributed by atoms with Gasteiger partial charge in [0, 0.05) is 18.2 Å². The fourth-order valence-electron chi connectivity index (χ4n) is 2.16. The van der Waals surface area contributed by atoms with Gasteiger partial charge in [0.2, 0.25) is 0 Å². The summed E-state index contributed by atoms with van der Waals surface area (Å²) in [6.45, 7) is 2.30. The third-order valence-electron chi connectivity index (χ3n) is 3.71. The molecular weight excluding hydrogens is 236 g/mol. The monoisotopic (exact) mass is 255 g/mol. The van der Waals surface area contributed by atoms with E-state index in [-0.39, 0.29) is 12.1 Å². The summed E-state index contributed by atoms with van der Waals surface area (Å²) in [5, 5.41) is 9.87. The van der Waals surface area contributed by atoms with E-state index < -0.39 is 11.6 Å². The molecule has 0 spiro atoms. The van der Waals surface area contributed by atoms with Gasteiger partial charge in [0.1, 0.15) is 11.6 Å². The van der Waals surface area contributed by atoms with Gasteiger partial charge in [0.15, 0.2) is 0 Å². The molecule has 1 saturated carbocycles. The first-order valence-electron chi connectivity index (χ1n) is 6.32. The zero-order chi connectivity index (χ0) is 13.3. The van der Waals surface area contributed by atoms with Crippen molar-refractivity contribution in [3.63, 3.8) is 0 Å². The molecule has 1 N–H and O–H groups in total. The van der Waals surface area contributed by atoms with Gasteiger partial charge >= 0.3 is 0 Å². The van der Waals surface area contributed by atoms with Crippen molar-refractivity contribution in [2.75, 3.05) is 13.6 Å². The van der Waals surface area contributed by atoms with Crippen LogP contribution in [0.25, 0.3) is 0 Å². The van der Waals surface area contributed by atoms with E-state index in [9.17, 15) is 13.9 Å². The van der Waals surface area contributed by atoms with Gasteiger partial charge in [-0.3, -0.25) is 4.90 Å². The first-order valence-corrected chi connectivity index (χ1v) is 6.32. The molecule has 0 saturated heterocycles. The summed E-state index contributed by atoms with van der Waals surface area (Å²) < 4.78 is 26.8. The number of aliphatic hydroxyl groups is 1. The van der Waals surface area contributed by atoms with E-state index in [0.717, 1.165) is 25.0 Å². The van der Waals surface area contributed by atoms with Crippen LogP contribution in [0.5, 0.6) is 0 Å². The molecule has 1 fully saturated rings. The van der Waals surface area contributed by atoms with Crippen molar-refractivity contribution in [3.05, 3.63) is 35.4 Å². The zero-order valence-corrected chi connectivity index (χ0v) is 10.7. The Morgan fingerprint density at radius 2 is 2.06 bits per heavy atom. The second-order valence-corrected chi connectivity index (χ2v) is 5.19. The molecule has 0 heterocycles. The fraction of sp³-hybridized carbons (Fsp3) is 0.571. The van der Waals surface area contributed by atoms with Gasteiger partial charge in [-0.2, -0.15) is 0 Å². The van der Waals surface area contributed by atoms with Gasteiger partial charge in [-0.25, -0.2) is 8.78 Å². The molecular formula is C14H19F2NO. The smallest absolute Gasteiger partial charge is 0.128 e. The predicted molar refractivity (Wildman–Crippen MR) is 66.1 cm³/mol. The van der Waals surface area contributed by atoms with Crippen LogP contribution in [-0.4, -0.2) is 29.7 Å². The van der Waals surface area contributed by atoms with Crippen LogP contribution in [0.3, 0.4) is 0 Å². The van der Waals surface area contributed by atoms with E-state index in [2.05, 4.69) is 0 Å². The highest BCUT2D eigenvalue weighted by molar-refractivity contribution is 5.21. The molecule has 2 unspecified atom stereocenters. The zero-order valence-electron chi connectivity index (χ0n) is 10.7. The minimum Gasteiger partial charge on any atom is -0.392 e. The summed E-state index contributed by atoms with van der Waals surface area (Å²) in [6, 6.07) is 3.23. The van der Waals surface area contributed by atoms with Crippen LogP contribution in [0.1, 0.15) is 31.4 Å². The highest BCUT2D eigenvalue weighted by Gasteiger charge is 2.31. The molecule has 0 aromatic heterocycles. The van der Waals surface area contributed by atoms with Crippen LogP contribution < -0.4 is 0 Å². The second-order valence-electron chi connectivity index (χ2n) is 5.19. The van der Waals surface area contributed by atoms with Crippen LogP contribution in [-0.2, 0) is 0 Å². The third-order valence-corrected chi connectivity index (χ3v) is 3.71. The van der Waals surface area contributed by atoms with Crippen LogP contribution >= 0.6 is 0 Å². The highest BCUT2D eigenvalue weighted by atomic mass is 19.1. The maximum atomic E-state index is 13.6. The van der Waals surface area contributed by atoms with Gasteiger partial charge in [-0.05, 0) is 50.9 Å². The van der Waals surface area contributed by atoms with Crippen molar-refractivity contribution in [1.29, 1.82) is 0 Å². The first-order chi connectivity index (χ1) is 8.49.